The average molecular weight is 399 g/mol. The Balaban J connectivity index is 1.70. The van der Waals surface area contributed by atoms with E-state index in [0.29, 0.717) is 19.0 Å². The first-order valence-electron chi connectivity index (χ1n) is 11.3. The third kappa shape index (κ3) is 6.68. The molecule has 2 aliphatic rings. The van der Waals surface area contributed by atoms with Crippen molar-refractivity contribution >= 4 is 5.91 Å². The molecule has 0 aromatic heterocycles. The summed E-state index contributed by atoms with van der Waals surface area (Å²) in [5, 5.41) is 29.2. The number of carbonyl (C=O) groups is 1. The average Bonchev–Trinajstić information content (AvgIpc) is 3.16. The number of β-amino-alcohol motifs (C(OH)–C–C–N with tert-alkyl or cyclic N) is 1. The fourth-order valence-corrected chi connectivity index (χ4v) is 4.61. The van der Waals surface area contributed by atoms with E-state index >= 15 is 0 Å². The first-order valence-corrected chi connectivity index (χ1v) is 11.3. The Hall–Kier alpha value is -0.690. The number of unbranched alkanes of at least 4 members (excludes halogenated alkanes) is 3. The normalized spacial score (nSPS) is 27.3. The summed E-state index contributed by atoms with van der Waals surface area (Å²) in [5.41, 5.74) is -0.318. The van der Waals surface area contributed by atoms with Crippen LogP contribution in [-0.2, 0) is 4.79 Å². The van der Waals surface area contributed by atoms with Crippen LogP contribution in [0.25, 0.3) is 0 Å². The first kappa shape index (κ1) is 23.6. The molecule has 1 heterocycles. The maximum Gasteiger partial charge on any atom is 0.228 e. The van der Waals surface area contributed by atoms with E-state index in [4.69, 9.17) is 0 Å². The smallest absolute Gasteiger partial charge is 0.228 e. The van der Waals surface area contributed by atoms with Crippen LogP contribution in [0.15, 0.2) is 0 Å². The highest BCUT2D eigenvalue weighted by molar-refractivity contribution is 5.81. The van der Waals surface area contributed by atoms with Gasteiger partial charge in [0, 0.05) is 30.6 Å². The fraction of sp³-hybridized carbons (Fsp3) is 0.955. The van der Waals surface area contributed by atoms with Gasteiger partial charge in [-0.15, -0.1) is 0 Å². The maximum absolute atomic E-state index is 12.9. The molecule has 6 nitrogen and oxygen atoms in total. The Kier molecular flexibility index (Phi) is 9.19. The number of rotatable bonds is 9. The lowest BCUT2D eigenvalue weighted by molar-refractivity contribution is -0.142. The van der Waals surface area contributed by atoms with Crippen molar-refractivity contribution in [3.8, 4) is 0 Å². The van der Waals surface area contributed by atoms with Gasteiger partial charge in [0.05, 0.1) is 18.8 Å². The van der Waals surface area contributed by atoms with Crippen molar-refractivity contribution in [3.63, 3.8) is 0 Å². The molecular weight excluding hydrogens is 356 g/mol. The standard InChI is InChI=1S/C22H42N2O4/c1-22(2,3)21(28)24(17-10-6-7-11-17)13-9-5-4-8-12-23-15-20(27)19(26)14-18(23)16-25/h17-20,25-27H,4-16H2,1-3H3/t18-,19-,20-/m0/s1. The summed E-state index contributed by atoms with van der Waals surface area (Å²) in [5.74, 6) is 0.283. The van der Waals surface area contributed by atoms with Crippen molar-refractivity contribution in [2.75, 3.05) is 26.2 Å². The topological polar surface area (TPSA) is 84.2 Å². The second kappa shape index (κ2) is 10.9. The molecule has 0 aromatic carbocycles. The molecule has 1 saturated heterocycles. The number of amides is 1. The molecule has 1 aliphatic carbocycles. The molecule has 0 aromatic rings. The molecule has 0 radical (unpaired) electrons. The third-order valence-corrected chi connectivity index (χ3v) is 6.37. The van der Waals surface area contributed by atoms with Gasteiger partial charge in [0.2, 0.25) is 5.91 Å². The van der Waals surface area contributed by atoms with Gasteiger partial charge in [0.25, 0.3) is 0 Å². The van der Waals surface area contributed by atoms with Crippen LogP contribution >= 0.6 is 0 Å². The van der Waals surface area contributed by atoms with E-state index in [1.807, 2.05) is 20.8 Å². The molecule has 28 heavy (non-hydrogen) atoms. The number of piperidine rings is 1. The van der Waals surface area contributed by atoms with Crippen molar-refractivity contribution in [2.45, 2.75) is 103 Å². The van der Waals surface area contributed by atoms with Crippen molar-refractivity contribution in [1.29, 1.82) is 0 Å². The summed E-state index contributed by atoms with van der Waals surface area (Å²) in [7, 11) is 0. The molecule has 3 atom stereocenters. The minimum Gasteiger partial charge on any atom is -0.395 e. The van der Waals surface area contributed by atoms with Gasteiger partial charge in [-0.1, -0.05) is 46.5 Å². The molecule has 1 amide bonds. The zero-order valence-corrected chi connectivity index (χ0v) is 18.1. The van der Waals surface area contributed by atoms with E-state index < -0.39 is 12.2 Å². The number of aliphatic hydroxyl groups excluding tert-OH is 3. The van der Waals surface area contributed by atoms with Gasteiger partial charge < -0.3 is 20.2 Å². The van der Waals surface area contributed by atoms with Crippen molar-refractivity contribution < 1.29 is 20.1 Å². The number of hydrogen-bond acceptors (Lipinski definition) is 5. The van der Waals surface area contributed by atoms with E-state index in [1.54, 1.807) is 0 Å². The van der Waals surface area contributed by atoms with Gasteiger partial charge in [-0.05, 0) is 38.6 Å². The minimum absolute atomic E-state index is 0.0229. The summed E-state index contributed by atoms with van der Waals surface area (Å²) in [6, 6.07) is 0.374. The molecule has 0 bridgehead atoms. The Morgan fingerprint density at radius 3 is 2.29 bits per heavy atom. The number of hydrogen-bond donors (Lipinski definition) is 3. The molecule has 164 valence electrons. The molecule has 1 saturated carbocycles. The van der Waals surface area contributed by atoms with Crippen LogP contribution in [0.1, 0.15) is 78.6 Å². The third-order valence-electron chi connectivity index (χ3n) is 6.37. The quantitative estimate of drug-likeness (QED) is 0.518. The van der Waals surface area contributed by atoms with Gasteiger partial charge in [-0.25, -0.2) is 0 Å². The monoisotopic (exact) mass is 398 g/mol. The lowest BCUT2D eigenvalue weighted by Gasteiger charge is -2.39. The lowest BCUT2D eigenvalue weighted by Crippen LogP contribution is -2.53. The number of nitrogens with zero attached hydrogens (tertiary/aromatic N) is 2. The predicted octanol–water partition coefficient (Wildman–Crippen LogP) is 2.15. The number of aliphatic hydroxyl groups is 3. The van der Waals surface area contributed by atoms with Crippen LogP contribution in [0, 0.1) is 5.41 Å². The first-order chi connectivity index (χ1) is 13.2. The van der Waals surface area contributed by atoms with Crippen LogP contribution in [-0.4, -0.2) is 81.6 Å². The molecule has 0 unspecified atom stereocenters. The van der Waals surface area contributed by atoms with E-state index in [-0.39, 0.29) is 24.0 Å². The summed E-state index contributed by atoms with van der Waals surface area (Å²) in [4.78, 5) is 17.1. The predicted molar refractivity (Wildman–Crippen MR) is 111 cm³/mol. The highest BCUT2D eigenvalue weighted by Crippen LogP contribution is 2.28. The largest absolute Gasteiger partial charge is 0.395 e. The van der Waals surface area contributed by atoms with Crippen LogP contribution in [0.5, 0.6) is 0 Å². The van der Waals surface area contributed by atoms with Gasteiger partial charge in [-0.3, -0.25) is 9.69 Å². The Labute approximate surface area is 170 Å². The second-order valence-electron chi connectivity index (χ2n) is 9.80. The van der Waals surface area contributed by atoms with Crippen LogP contribution in [0.2, 0.25) is 0 Å². The molecule has 0 spiro atoms. The maximum atomic E-state index is 12.9. The highest BCUT2D eigenvalue weighted by atomic mass is 16.3. The van der Waals surface area contributed by atoms with Crippen LogP contribution < -0.4 is 0 Å². The van der Waals surface area contributed by atoms with Crippen molar-refractivity contribution in [2.24, 2.45) is 5.41 Å². The molecule has 2 fully saturated rings. The van der Waals surface area contributed by atoms with Crippen molar-refractivity contribution in [1.82, 2.24) is 9.80 Å². The van der Waals surface area contributed by atoms with Gasteiger partial charge in [-0.2, -0.15) is 0 Å². The Morgan fingerprint density at radius 2 is 1.68 bits per heavy atom. The second-order valence-corrected chi connectivity index (χ2v) is 9.80. The zero-order valence-electron chi connectivity index (χ0n) is 18.1. The van der Waals surface area contributed by atoms with Crippen LogP contribution in [0.3, 0.4) is 0 Å². The number of likely N-dealkylation sites (tertiary alicyclic amines) is 1. The Morgan fingerprint density at radius 1 is 1.04 bits per heavy atom. The number of carbonyl (C=O) groups excluding carboxylic acids is 1. The SMILES string of the molecule is CC(C)(C)C(=O)N(CCCCCCN1C[C@H](O)[C@@H](O)C[C@H]1CO)C1CCCC1. The van der Waals surface area contributed by atoms with E-state index in [9.17, 15) is 20.1 Å². The zero-order chi connectivity index (χ0) is 20.7. The molecule has 1 aliphatic heterocycles. The van der Waals surface area contributed by atoms with Gasteiger partial charge in [0.15, 0.2) is 0 Å². The van der Waals surface area contributed by atoms with E-state index in [1.165, 1.54) is 12.8 Å². The summed E-state index contributed by atoms with van der Waals surface area (Å²) < 4.78 is 0. The van der Waals surface area contributed by atoms with Gasteiger partial charge in [0.1, 0.15) is 0 Å². The molecule has 6 heteroatoms. The molecular formula is C22H42N2O4. The van der Waals surface area contributed by atoms with Crippen molar-refractivity contribution in [3.05, 3.63) is 0 Å². The molecule has 3 N–H and O–H groups in total. The van der Waals surface area contributed by atoms with Gasteiger partial charge >= 0.3 is 0 Å². The summed E-state index contributed by atoms with van der Waals surface area (Å²) in [6.45, 7) is 8.18. The minimum atomic E-state index is -0.727. The lowest BCUT2D eigenvalue weighted by atomic mass is 9.93. The molecule has 2 rings (SSSR count). The fourth-order valence-electron chi connectivity index (χ4n) is 4.61. The van der Waals surface area contributed by atoms with Crippen LogP contribution in [0.4, 0.5) is 0 Å². The summed E-state index contributed by atoms with van der Waals surface area (Å²) in [6.07, 6.45) is 7.96. The summed E-state index contributed by atoms with van der Waals surface area (Å²) >= 11 is 0. The highest BCUT2D eigenvalue weighted by Gasteiger charge is 2.34. The van der Waals surface area contributed by atoms with E-state index in [0.717, 1.165) is 51.6 Å². The van der Waals surface area contributed by atoms with E-state index in [2.05, 4.69) is 9.80 Å². The Bertz CT molecular complexity index is 474.